The number of carbonyl (C=O) groups excluding carboxylic acids is 1. The van der Waals surface area contributed by atoms with Crippen molar-refractivity contribution in [1.82, 2.24) is 19.7 Å². The minimum atomic E-state index is -0.279. The fraction of sp³-hybridized carbons (Fsp3) is 0.524. The van der Waals surface area contributed by atoms with Gasteiger partial charge in [0.1, 0.15) is 5.01 Å². The first-order valence-corrected chi connectivity index (χ1v) is 10.9. The van der Waals surface area contributed by atoms with Gasteiger partial charge in [-0.15, -0.1) is 11.3 Å². The summed E-state index contributed by atoms with van der Waals surface area (Å²) in [5.74, 6) is 0.199. The van der Waals surface area contributed by atoms with Crippen molar-refractivity contribution in [2.75, 3.05) is 32.7 Å². The molecule has 6 nitrogen and oxygen atoms in total. The van der Waals surface area contributed by atoms with Crippen LogP contribution in [0, 0.1) is 0 Å². The van der Waals surface area contributed by atoms with Crippen molar-refractivity contribution in [1.29, 1.82) is 0 Å². The van der Waals surface area contributed by atoms with E-state index in [-0.39, 0.29) is 23.6 Å². The largest absolute Gasteiger partial charge is 0.392 e. The number of aliphatic hydroxyl groups is 1. The fourth-order valence-electron chi connectivity index (χ4n) is 5.19. The summed E-state index contributed by atoms with van der Waals surface area (Å²) >= 11 is 1.69. The summed E-state index contributed by atoms with van der Waals surface area (Å²) in [4.78, 5) is 24.4. The summed E-state index contributed by atoms with van der Waals surface area (Å²) < 4.78 is 0. The molecule has 0 bridgehead atoms. The number of aromatic nitrogens is 1. The number of thiazole rings is 1. The quantitative estimate of drug-likeness (QED) is 0.839. The fourth-order valence-corrected chi connectivity index (χ4v) is 5.84. The number of benzene rings is 1. The Labute approximate surface area is 169 Å². The van der Waals surface area contributed by atoms with Gasteiger partial charge in [-0.3, -0.25) is 14.6 Å². The van der Waals surface area contributed by atoms with Crippen molar-refractivity contribution in [2.24, 2.45) is 0 Å². The Kier molecular flexibility index (Phi) is 4.71. The van der Waals surface area contributed by atoms with E-state index < -0.39 is 0 Å². The van der Waals surface area contributed by atoms with Crippen LogP contribution in [0.4, 0.5) is 0 Å². The van der Waals surface area contributed by atoms with Gasteiger partial charge in [-0.1, -0.05) is 30.3 Å². The Morgan fingerprint density at radius 2 is 2.04 bits per heavy atom. The van der Waals surface area contributed by atoms with Gasteiger partial charge >= 0.3 is 0 Å². The van der Waals surface area contributed by atoms with Crippen LogP contribution in [-0.4, -0.2) is 81.1 Å². The zero-order chi connectivity index (χ0) is 19.1. The van der Waals surface area contributed by atoms with E-state index in [1.54, 1.807) is 11.3 Å². The molecule has 3 fully saturated rings. The van der Waals surface area contributed by atoms with Crippen molar-refractivity contribution in [2.45, 2.75) is 37.1 Å². The Morgan fingerprint density at radius 3 is 2.79 bits per heavy atom. The topological polar surface area (TPSA) is 59.9 Å². The lowest BCUT2D eigenvalue weighted by Gasteiger charge is -2.61. The van der Waals surface area contributed by atoms with Crippen LogP contribution in [0.5, 0.6) is 0 Å². The van der Waals surface area contributed by atoms with Crippen LogP contribution in [0.15, 0.2) is 41.9 Å². The van der Waals surface area contributed by atoms with Crippen molar-refractivity contribution >= 4 is 17.2 Å². The Morgan fingerprint density at radius 1 is 1.21 bits per heavy atom. The molecule has 3 aliphatic heterocycles. The van der Waals surface area contributed by atoms with Gasteiger partial charge in [0.15, 0.2) is 0 Å². The number of hydrogen-bond donors (Lipinski definition) is 1. The molecule has 1 aromatic heterocycles. The van der Waals surface area contributed by atoms with Crippen LogP contribution in [0.3, 0.4) is 0 Å². The zero-order valence-corrected chi connectivity index (χ0v) is 16.7. The lowest BCUT2D eigenvalue weighted by molar-refractivity contribution is -0.150. The third kappa shape index (κ3) is 3.37. The molecule has 28 heavy (non-hydrogen) atoms. The Balaban J connectivity index is 1.30. The third-order valence-corrected chi connectivity index (χ3v) is 7.11. The van der Waals surface area contributed by atoms with Gasteiger partial charge in [0.05, 0.1) is 24.6 Å². The lowest BCUT2D eigenvalue weighted by atomic mass is 9.83. The van der Waals surface area contributed by atoms with Crippen LogP contribution in [0.2, 0.25) is 0 Å². The van der Waals surface area contributed by atoms with Crippen molar-refractivity contribution in [3.05, 3.63) is 52.5 Å². The van der Waals surface area contributed by atoms with Gasteiger partial charge in [0.25, 0.3) is 0 Å². The highest BCUT2D eigenvalue weighted by atomic mass is 32.1. The lowest BCUT2D eigenvalue weighted by Crippen LogP contribution is -2.78. The number of nitrogens with zero attached hydrogens (tertiary/aromatic N) is 4. The monoisotopic (exact) mass is 398 g/mol. The number of piperazine rings is 1. The van der Waals surface area contributed by atoms with E-state index >= 15 is 0 Å². The molecule has 5 rings (SSSR count). The zero-order valence-electron chi connectivity index (χ0n) is 15.9. The molecule has 1 spiro atoms. The van der Waals surface area contributed by atoms with E-state index in [1.165, 1.54) is 0 Å². The van der Waals surface area contributed by atoms with Gasteiger partial charge in [0, 0.05) is 50.3 Å². The summed E-state index contributed by atoms with van der Waals surface area (Å²) in [6, 6.07) is 10.2. The molecule has 148 valence electrons. The van der Waals surface area contributed by atoms with E-state index in [0.29, 0.717) is 6.42 Å². The summed E-state index contributed by atoms with van der Waals surface area (Å²) in [5, 5.41) is 13.4. The maximum atomic E-state index is 13.0. The molecule has 3 saturated heterocycles. The van der Waals surface area contributed by atoms with Crippen LogP contribution < -0.4 is 0 Å². The number of likely N-dealkylation sites (tertiary alicyclic amines) is 1. The van der Waals surface area contributed by atoms with Gasteiger partial charge in [-0.2, -0.15) is 0 Å². The maximum Gasteiger partial charge on any atom is 0.227 e. The first kappa shape index (κ1) is 18.2. The Bertz CT molecular complexity index is 822. The number of rotatable bonds is 4. The first-order valence-electron chi connectivity index (χ1n) is 9.99. The van der Waals surface area contributed by atoms with Gasteiger partial charge in [-0.05, 0) is 12.0 Å². The van der Waals surface area contributed by atoms with E-state index in [1.807, 2.05) is 46.8 Å². The predicted octanol–water partition coefficient (Wildman–Crippen LogP) is 1.22. The molecule has 0 saturated carbocycles. The standard InChI is InChI=1S/C21H26N4O2S/c26-18-9-17-10-24(20(27)8-16-4-2-1-3-5-16)15-21(25(17)11-18)13-23(14-21)12-19-22-6-7-28-19/h1-7,17-18,26H,8-15H2. The molecule has 4 heterocycles. The number of aliphatic hydroxyl groups excluding tert-OH is 1. The van der Waals surface area contributed by atoms with Crippen molar-refractivity contribution in [3.63, 3.8) is 0 Å². The molecular weight excluding hydrogens is 372 g/mol. The minimum Gasteiger partial charge on any atom is -0.392 e. The van der Waals surface area contributed by atoms with Crippen LogP contribution >= 0.6 is 11.3 Å². The average molecular weight is 399 g/mol. The SMILES string of the molecule is O=C(Cc1ccccc1)N1CC2CC(O)CN2C2(CN(Cc3nccs3)C2)C1. The second-order valence-corrected chi connectivity index (χ2v) is 9.41. The number of amides is 1. The first-order chi connectivity index (χ1) is 13.6. The molecule has 1 N–H and O–H groups in total. The molecule has 1 amide bonds. The summed E-state index contributed by atoms with van der Waals surface area (Å²) in [6.45, 7) is 4.97. The second-order valence-electron chi connectivity index (χ2n) is 8.43. The minimum absolute atomic E-state index is 0.0238. The summed E-state index contributed by atoms with van der Waals surface area (Å²) in [5.41, 5.74) is 1.04. The third-order valence-electron chi connectivity index (χ3n) is 6.35. The van der Waals surface area contributed by atoms with Gasteiger partial charge < -0.3 is 10.0 Å². The molecule has 0 aliphatic carbocycles. The highest BCUT2D eigenvalue weighted by Gasteiger charge is 2.56. The van der Waals surface area contributed by atoms with Gasteiger partial charge in [-0.25, -0.2) is 4.98 Å². The predicted molar refractivity (Wildman–Crippen MR) is 108 cm³/mol. The highest BCUT2D eigenvalue weighted by molar-refractivity contribution is 7.09. The molecule has 2 unspecified atom stereocenters. The van der Waals surface area contributed by atoms with E-state index in [4.69, 9.17) is 0 Å². The maximum absolute atomic E-state index is 13.0. The molecule has 1 aromatic carbocycles. The smallest absolute Gasteiger partial charge is 0.227 e. The number of fused-ring (bicyclic) bond motifs is 2. The van der Waals surface area contributed by atoms with Gasteiger partial charge in [0.2, 0.25) is 5.91 Å². The Hall–Kier alpha value is -1.80. The van der Waals surface area contributed by atoms with Crippen LogP contribution in [0.1, 0.15) is 17.0 Å². The van der Waals surface area contributed by atoms with Crippen molar-refractivity contribution in [3.8, 4) is 0 Å². The average Bonchev–Trinajstić information content (AvgIpc) is 3.30. The van der Waals surface area contributed by atoms with E-state index in [0.717, 1.165) is 56.3 Å². The molecule has 0 radical (unpaired) electrons. The normalized spacial score (nSPS) is 27.0. The molecule has 2 aromatic rings. The second kappa shape index (κ2) is 7.22. The summed E-state index contributed by atoms with van der Waals surface area (Å²) in [7, 11) is 0. The summed E-state index contributed by atoms with van der Waals surface area (Å²) in [6.07, 6.45) is 2.80. The molecule has 2 atom stereocenters. The number of carbonyl (C=O) groups is 1. The molecular formula is C21H26N4O2S. The highest BCUT2D eigenvalue weighted by Crippen LogP contribution is 2.39. The molecule has 7 heteroatoms. The van der Waals surface area contributed by atoms with E-state index in [2.05, 4.69) is 14.8 Å². The van der Waals surface area contributed by atoms with Crippen LogP contribution in [-0.2, 0) is 17.8 Å². The van der Waals surface area contributed by atoms with E-state index in [9.17, 15) is 9.90 Å². The molecule has 3 aliphatic rings. The van der Waals surface area contributed by atoms with Crippen molar-refractivity contribution < 1.29 is 9.90 Å². The number of β-amino-alcohol motifs (C(OH)–C–C–N with tert-alkyl or cyclic N) is 1. The van der Waals surface area contributed by atoms with Crippen LogP contribution in [0.25, 0.3) is 0 Å². The number of hydrogen-bond acceptors (Lipinski definition) is 6.